The first-order valence-corrected chi connectivity index (χ1v) is 8.82. The predicted molar refractivity (Wildman–Crippen MR) is 99.1 cm³/mol. The standard InChI is InChI=1S/C18H16N6OS/c1-12-7-13(2)24(23-12)16-8-18(21-11-20-16)26-10-17(25)22-15-5-3-14(9-19)4-6-15/h3-8,11H,10H2,1-2H3,(H,22,25). The van der Waals surface area contributed by atoms with Gasteiger partial charge in [0, 0.05) is 17.4 Å². The van der Waals surface area contributed by atoms with Gasteiger partial charge in [-0.15, -0.1) is 0 Å². The fraction of sp³-hybridized carbons (Fsp3) is 0.167. The van der Waals surface area contributed by atoms with Crippen LogP contribution in [0.5, 0.6) is 0 Å². The lowest BCUT2D eigenvalue weighted by Crippen LogP contribution is -2.14. The number of nitriles is 1. The van der Waals surface area contributed by atoms with E-state index in [1.807, 2.05) is 26.0 Å². The van der Waals surface area contributed by atoms with Crippen molar-refractivity contribution in [3.05, 3.63) is 59.7 Å². The molecular weight excluding hydrogens is 348 g/mol. The van der Waals surface area contributed by atoms with Crippen molar-refractivity contribution in [2.75, 3.05) is 11.1 Å². The van der Waals surface area contributed by atoms with Crippen LogP contribution in [0.15, 0.2) is 47.8 Å². The molecule has 0 unspecified atom stereocenters. The van der Waals surface area contributed by atoms with Gasteiger partial charge in [-0.25, -0.2) is 14.6 Å². The molecule has 0 atom stereocenters. The summed E-state index contributed by atoms with van der Waals surface area (Å²) in [5, 5.41) is 16.7. The van der Waals surface area contributed by atoms with Gasteiger partial charge in [0.2, 0.25) is 5.91 Å². The maximum atomic E-state index is 12.1. The van der Waals surface area contributed by atoms with Crippen molar-refractivity contribution in [3.63, 3.8) is 0 Å². The van der Waals surface area contributed by atoms with E-state index in [1.54, 1.807) is 35.0 Å². The normalized spacial score (nSPS) is 10.3. The number of benzene rings is 1. The highest BCUT2D eigenvalue weighted by molar-refractivity contribution is 7.99. The Hall–Kier alpha value is -3.18. The summed E-state index contributed by atoms with van der Waals surface area (Å²) in [4.78, 5) is 20.5. The highest BCUT2D eigenvalue weighted by Crippen LogP contribution is 2.18. The van der Waals surface area contributed by atoms with Crippen molar-refractivity contribution in [1.29, 1.82) is 5.26 Å². The molecule has 0 radical (unpaired) electrons. The minimum Gasteiger partial charge on any atom is -0.325 e. The van der Waals surface area contributed by atoms with E-state index < -0.39 is 0 Å². The van der Waals surface area contributed by atoms with Crippen LogP contribution in [0, 0.1) is 25.2 Å². The van der Waals surface area contributed by atoms with Crippen molar-refractivity contribution < 1.29 is 4.79 Å². The van der Waals surface area contributed by atoms with Crippen LogP contribution in [-0.2, 0) is 4.79 Å². The third-order valence-corrected chi connectivity index (χ3v) is 4.43. The van der Waals surface area contributed by atoms with Crippen molar-refractivity contribution in [2.45, 2.75) is 18.9 Å². The zero-order valence-corrected chi connectivity index (χ0v) is 15.1. The van der Waals surface area contributed by atoms with E-state index in [4.69, 9.17) is 5.26 Å². The van der Waals surface area contributed by atoms with Gasteiger partial charge in [-0.1, -0.05) is 11.8 Å². The smallest absolute Gasteiger partial charge is 0.234 e. The second-order valence-electron chi connectivity index (χ2n) is 5.58. The summed E-state index contributed by atoms with van der Waals surface area (Å²) in [6.07, 6.45) is 1.46. The fourth-order valence-electron chi connectivity index (χ4n) is 2.35. The molecule has 8 heteroatoms. The average molecular weight is 364 g/mol. The summed E-state index contributed by atoms with van der Waals surface area (Å²) in [5.74, 6) is 0.736. The van der Waals surface area contributed by atoms with Crippen molar-refractivity contribution >= 4 is 23.4 Å². The Morgan fingerprint density at radius 3 is 2.65 bits per heavy atom. The van der Waals surface area contributed by atoms with Gasteiger partial charge >= 0.3 is 0 Å². The Labute approximate surface area is 155 Å². The topological polar surface area (TPSA) is 96.5 Å². The van der Waals surface area contributed by atoms with Gasteiger partial charge < -0.3 is 5.32 Å². The molecule has 0 saturated carbocycles. The lowest BCUT2D eigenvalue weighted by molar-refractivity contribution is -0.113. The summed E-state index contributed by atoms with van der Waals surface area (Å²) in [6, 6.07) is 12.5. The second-order valence-corrected chi connectivity index (χ2v) is 6.57. The molecule has 7 nitrogen and oxygen atoms in total. The summed E-state index contributed by atoms with van der Waals surface area (Å²) in [6.45, 7) is 3.88. The quantitative estimate of drug-likeness (QED) is 0.552. The summed E-state index contributed by atoms with van der Waals surface area (Å²) in [5.41, 5.74) is 3.10. The van der Waals surface area contributed by atoms with Gasteiger partial charge in [0.05, 0.1) is 23.1 Å². The minimum atomic E-state index is -0.147. The first-order chi connectivity index (χ1) is 12.5. The minimum absolute atomic E-state index is 0.147. The molecule has 0 aliphatic rings. The Balaban J connectivity index is 1.62. The lowest BCUT2D eigenvalue weighted by atomic mass is 10.2. The molecule has 3 aromatic rings. The highest BCUT2D eigenvalue weighted by atomic mass is 32.2. The number of rotatable bonds is 5. The molecule has 1 amide bonds. The van der Waals surface area contributed by atoms with Crippen LogP contribution in [0.3, 0.4) is 0 Å². The molecule has 0 aliphatic carbocycles. The summed E-state index contributed by atoms with van der Waals surface area (Å²) in [7, 11) is 0. The summed E-state index contributed by atoms with van der Waals surface area (Å²) >= 11 is 1.32. The number of hydrogen-bond acceptors (Lipinski definition) is 6. The van der Waals surface area contributed by atoms with Crippen molar-refractivity contribution in [2.24, 2.45) is 0 Å². The third kappa shape index (κ3) is 4.26. The number of carbonyl (C=O) groups is 1. The van der Waals surface area contributed by atoms with Gasteiger partial charge in [0.15, 0.2) is 5.82 Å². The second kappa shape index (κ2) is 7.80. The lowest BCUT2D eigenvalue weighted by Gasteiger charge is -2.06. The Morgan fingerprint density at radius 1 is 1.23 bits per heavy atom. The number of amides is 1. The predicted octanol–water partition coefficient (Wildman–Crippen LogP) is 2.88. The molecule has 0 aliphatic heterocycles. The largest absolute Gasteiger partial charge is 0.325 e. The number of aryl methyl sites for hydroxylation is 2. The molecule has 130 valence electrons. The molecule has 3 rings (SSSR count). The Morgan fingerprint density at radius 2 is 2.00 bits per heavy atom. The fourth-order valence-corrected chi connectivity index (χ4v) is 3.01. The van der Waals surface area contributed by atoms with Crippen LogP contribution in [0.1, 0.15) is 17.0 Å². The van der Waals surface area contributed by atoms with E-state index in [-0.39, 0.29) is 11.7 Å². The highest BCUT2D eigenvalue weighted by Gasteiger charge is 2.09. The number of hydrogen-bond donors (Lipinski definition) is 1. The molecule has 0 saturated heterocycles. The molecule has 1 aromatic carbocycles. The van der Waals surface area contributed by atoms with Crippen LogP contribution >= 0.6 is 11.8 Å². The SMILES string of the molecule is Cc1cc(C)n(-c2cc(SCC(=O)Nc3ccc(C#N)cc3)ncn2)n1. The van der Waals surface area contributed by atoms with Crippen molar-refractivity contribution in [3.8, 4) is 11.9 Å². The number of nitrogens with one attached hydrogen (secondary N) is 1. The molecule has 2 heterocycles. The van der Waals surface area contributed by atoms with E-state index >= 15 is 0 Å². The average Bonchev–Trinajstić information content (AvgIpc) is 2.99. The first-order valence-electron chi connectivity index (χ1n) is 7.83. The molecule has 2 aromatic heterocycles. The molecule has 26 heavy (non-hydrogen) atoms. The number of carbonyl (C=O) groups excluding carboxylic acids is 1. The number of aromatic nitrogens is 4. The van der Waals surface area contributed by atoms with E-state index in [0.29, 0.717) is 22.1 Å². The van der Waals surface area contributed by atoms with Crippen LogP contribution in [0.25, 0.3) is 5.82 Å². The molecule has 0 spiro atoms. The first kappa shape index (κ1) is 17.6. The van der Waals surface area contributed by atoms with E-state index in [9.17, 15) is 4.79 Å². The maximum Gasteiger partial charge on any atom is 0.234 e. The van der Waals surface area contributed by atoms with Gasteiger partial charge in [-0.05, 0) is 44.2 Å². The number of nitrogens with zero attached hydrogens (tertiary/aromatic N) is 5. The van der Waals surface area contributed by atoms with Gasteiger partial charge in [-0.2, -0.15) is 10.4 Å². The maximum absolute atomic E-state index is 12.1. The van der Waals surface area contributed by atoms with Gasteiger partial charge in [0.25, 0.3) is 0 Å². The van der Waals surface area contributed by atoms with E-state index in [1.165, 1.54) is 18.1 Å². The molecule has 1 N–H and O–H groups in total. The third-order valence-electron chi connectivity index (χ3n) is 3.50. The van der Waals surface area contributed by atoms with Crippen LogP contribution < -0.4 is 5.32 Å². The molecule has 0 bridgehead atoms. The van der Waals surface area contributed by atoms with Crippen LogP contribution in [0.2, 0.25) is 0 Å². The van der Waals surface area contributed by atoms with Gasteiger partial charge in [0.1, 0.15) is 11.4 Å². The summed E-state index contributed by atoms with van der Waals surface area (Å²) < 4.78 is 1.75. The Kier molecular flexibility index (Phi) is 5.29. The van der Waals surface area contributed by atoms with E-state index in [0.717, 1.165) is 11.4 Å². The Bertz CT molecular complexity index is 974. The van der Waals surface area contributed by atoms with Crippen LogP contribution in [-0.4, -0.2) is 31.4 Å². The molecular formula is C18H16N6OS. The monoisotopic (exact) mass is 364 g/mol. The van der Waals surface area contributed by atoms with Crippen LogP contribution in [0.4, 0.5) is 5.69 Å². The number of thioether (sulfide) groups is 1. The zero-order valence-electron chi connectivity index (χ0n) is 14.3. The molecule has 0 fully saturated rings. The number of anilines is 1. The van der Waals surface area contributed by atoms with Crippen molar-refractivity contribution in [1.82, 2.24) is 19.7 Å². The zero-order chi connectivity index (χ0) is 18.5. The van der Waals surface area contributed by atoms with Gasteiger partial charge in [-0.3, -0.25) is 4.79 Å². The van der Waals surface area contributed by atoms with E-state index in [2.05, 4.69) is 20.4 Å².